The average Bonchev–Trinajstić information content (AvgIpc) is 2.79. The van der Waals surface area contributed by atoms with Crippen LogP contribution in [0.25, 0.3) is 10.9 Å². The number of aromatic nitrogens is 2. The summed E-state index contributed by atoms with van der Waals surface area (Å²) in [6.07, 6.45) is 1.61. The van der Waals surface area contributed by atoms with Gasteiger partial charge in [-0.15, -0.1) is 0 Å². The van der Waals surface area contributed by atoms with Crippen LogP contribution in [-0.4, -0.2) is 21.6 Å². The van der Waals surface area contributed by atoms with Crippen molar-refractivity contribution in [3.63, 3.8) is 0 Å². The van der Waals surface area contributed by atoms with Crippen molar-refractivity contribution in [3.05, 3.63) is 93.8 Å². The van der Waals surface area contributed by atoms with Crippen molar-refractivity contribution < 1.29 is 4.79 Å². The molecule has 0 aliphatic carbocycles. The van der Waals surface area contributed by atoms with Gasteiger partial charge in [-0.25, -0.2) is 4.98 Å². The molecule has 0 radical (unpaired) electrons. The number of nitrogens with one attached hydrogen (secondary N) is 1. The number of fused-ring (bicyclic) bond motifs is 1. The van der Waals surface area contributed by atoms with E-state index in [0.717, 1.165) is 33.3 Å². The van der Waals surface area contributed by atoms with E-state index in [2.05, 4.69) is 20.3 Å². The number of nitrogens with zero attached hydrogens (tertiary/aromatic N) is 3. The number of aryl methyl sites for hydroxylation is 2. The van der Waals surface area contributed by atoms with Crippen LogP contribution in [0.2, 0.25) is 5.02 Å². The first-order chi connectivity index (χ1) is 16.3. The topological polar surface area (TPSA) is 119 Å². The van der Waals surface area contributed by atoms with Gasteiger partial charge in [-0.3, -0.25) is 14.8 Å². The summed E-state index contributed by atoms with van der Waals surface area (Å²) in [6.45, 7) is 4.41. The number of halogens is 1. The number of anilines is 2. The summed E-state index contributed by atoms with van der Waals surface area (Å²) in [5.41, 5.74) is 17.7. The minimum atomic E-state index is -0.320. The van der Waals surface area contributed by atoms with E-state index in [-0.39, 0.29) is 11.6 Å². The molecule has 0 atom stereocenters. The lowest BCUT2D eigenvalue weighted by molar-refractivity contribution is -0.114. The van der Waals surface area contributed by atoms with E-state index in [9.17, 15) is 4.79 Å². The zero-order valence-corrected chi connectivity index (χ0v) is 19.7. The Balaban J connectivity index is 1.63. The zero-order chi connectivity index (χ0) is 24.2. The number of nitrogen functional groups attached to an aromatic ring is 2. The number of benzene rings is 2. The molecule has 8 heteroatoms. The first kappa shape index (κ1) is 23.2. The van der Waals surface area contributed by atoms with Crippen molar-refractivity contribution in [2.24, 2.45) is 4.99 Å². The van der Waals surface area contributed by atoms with Gasteiger partial charge in [0.25, 0.3) is 5.91 Å². The monoisotopic (exact) mass is 472 g/mol. The van der Waals surface area contributed by atoms with Crippen LogP contribution in [-0.2, 0) is 17.9 Å². The molecular formula is C26H25ClN6O. The maximum Gasteiger partial charge on any atom is 0.270 e. The van der Waals surface area contributed by atoms with Gasteiger partial charge in [-0.2, -0.15) is 0 Å². The highest BCUT2D eigenvalue weighted by atomic mass is 35.5. The fourth-order valence-corrected chi connectivity index (χ4v) is 3.99. The van der Waals surface area contributed by atoms with E-state index in [0.29, 0.717) is 35.2 Å². The third-order valence-electron chi connectivity index (χ3n) is 5.56. The summed E-state index contributed by atoms with van der Waals surface area (Å²) >= 11 is 6.09. The summed E-state index contributed by atoms with van der Waals surface area (Å²) in [5.74, 6) is 0.135. The van der Waals surface area contributed by atoms with E-state index >= 15 is 0 Å². The maximum atomic E-state index is 13.3. The lowest BCUT2D eigenvalue weighted by atomic mass is 10.1. The van der Waals surface area contributed by atoms with Crippen LogP contribution in [0, 0.1) is 13.8 Å². The second-order valence-electron chi connectivity index (χ2n) is 8.04. The van der Waals surface area contributed by atoms with Crippen molar-refractivity contribution in [2.45, 2.75) is 26.9 Å². The Labute approximate surface area is 202 Å². The lowest BCUT2D eigenvalue weighted by Gasteiger charge is -2.14. The summed E-state index contributed by atoms with van der Waals surface area (Å²) < 4.78 is 0. The van der Waals surface area contributed by atoms with Crippen LogP contribution in [0.3, 0.4) is 0 Å². The number of pyridine rings is 2. The van der Waals surface area contributed by atoms with Gasteiger partial charge in [-0.05, 0) is 60.9 Å². The standard InChI is InChI=1S/C26H25ClN6O/c1-15-9-24(29)33-16(2)21(15)14-32-26(34)25(20-5-3-4-6-22(20)28)31-12-17-7-8-23-18(10-17)11-19(27)13-30-23/h3-11,13H,12,14,28H2,1-2H3,(H2,29,33)(H,32,34). The summed E-state index contributed by atoms with van der Waals surface area (Å²) in [6, 6.07) is 16.6. The number of hydrogen-bond acceptors (Lipinski definition) is 6. The highest BCUT2D eigenvalue weighted by Crippen LogP contribution is 2.20. The van der Waals surface area contributed by atoms with Gasteiger partial charge >= 0.3 is 0 Å². The number of para-hydroxylation sites is 1. The van der Waals surface area contributed by atoms with Crippen LogP contribution in [0.5, 0.6) is 0 Å². The largest absolute Gasteiger partial charge is 0.398 e. The van der Waals surface area contributed by atoms with Crippen LogP contribution >= 0.6 is 11.6 Å². The molecule has 1 amide bonds. The van der Waals surface area contributed by atoms with E-state index < -0.39 is 0 Å². The second kappa shape index (κ2) is 9.89. The quantitative estimate of drug-likeness (QED) is 0.284. The first-order valence-corrected chi connectivity index (χ1v) is 11.1. The summed E-state index contributed by atoms with van der Waals surface area (Å²) in [4.78, 5) is 26.5. The van der Waals surface area contributed by atoms with Crippen LogP contribution in [0.1, 0.15) is 27.9 Å². The second-order valence-corrected chi connectivity index (χ2v) is 8.48. The molecule has 2 heterocycles. The summed E-state index contributed by atoms with van der Waals surface area (Å²) in [7, 11) is 0. The molecule has 0 unspecified atom stereocenters. The molecule has 0 aliphatic heterocycles. The normalized spacial score (nSPS) is 11.6. The van der Waals surface area contributed by atoms with Gasteiger partial charge in [-0.1, -0.05) is 35.9 Å². The van der Waals surface area contributed by atoms with Crippen LogP contribution in [0.15, 0.2) is 65.8 Å². The van der Waals surface area contributed by atoms with Gasteiger partial charge in [0.1, 0.15) is 11.5 Å². The third-order valence-corrected chi connectivity index (χ3v) is 5.77. The predicted octanol–water partition coefficient (Wildman–Crippen LogP) is 4.37. The molecule has 0 saturated carbocycles. The molecule has 4 aromatic rings. The van der Waals surface area contributed by atoms with E-state index in [4.69, 9.17) is 23.1 Å². The van der Waals surface area contributed by atoms with Gasteiger partial charge in [0.05, 0.1) is 17.1 Å². The molecule has 0 saturated heterocycles. The molecule has 5 N–H and O–H groups in total. The Kier molecular flexibility index (Phi) is 6.75. The molecule has 4 rings (SSSR count). The highest BCUT2D eigenvalue weighted by Gasteiger charge is 2.17. The number of nitrogens with two attached hydrogens (primary N) is 2. The molecule has 0 spiro atoms. The van der Waals surface area contributed by atoms with Crippen molar-refractivity contribution in [2.75, 3.05) is 11.5 Å². The molecule has 0 fully saturated rings. The molecule has 2 aromatic carbocycles. The summed E-state index contributed by atoms with van der Waals surface area (Å²) in [5, 5.41) is 4.44. The van der Waals surface area contributed by atoms with Gasteiger partial charge in [0.15, 0.2) is 0 Å². The fraction of sp³-hybridized carbons (Fsp3) is 0.154. The van der Waals surface area contributed by atoms with Gasteiger partial charge in [0.2, 0.25) is 0 Å². The number of amides is 1. The van der Waals surface area contributed by atoms with Crippen molar-refractivity contribution in [1.29, 1.82) is 0 Å². The van der Waals surface area contributed by atoms with Gasteiger partial charge in [0, 0.05) is 35.1 Å². The smallest absolute Gasteiger partial charge is 0.270 e. The Bertz CT molecular complexity index is 1390. The Morgan fingerprint density at radius 1 is 1.09 bits per heavy atom. The molecular weight excluding hydrogens is 448 g/mol. The van der Waals surface area contributed by atoms with E-state index in [1.165, 1.54) is 0 Å². The molecule has 34 heavy (non-hydrogen) atoms. The lowest BCUT2D eigenvalue weighted by Crippen LogP contribution is -2.32. The molecule has 7 nitrogen and oxygen atoms in total. The molecule has 172 valence electrons. The Morgan fingerprint density at radius 2 is 1.88 bits per heavy atom. The SMILES string of the molecule is Cc1cc(N)nc(C)c1CNC(=O)C(=NCc1ccc2ncc(Cl)cc2c1)c1ccccc1N. The minimum absolute atomic E-state index is 0.265. The Hall–Kier alpha value is -3.97. The number of hydrogen-bond donors (Lipinski definition) is 3. The molecule has 0 aliphatic rings. The number of carbonyl (C=O) groups is 1. The maximum absolute atomic E-state index is 13.3. The zero-order valence-electron chi connectivity index (χ0n) is 19.0. The van der Waals surface area contributed by atoms with Crippen LogP contribution < -0.4 is 16.8 Å². The van der Waals surface area contributed by atoms with E-state index in [1.807, 2.05) is 50.2 Å². The molecule has 0 bridgehead atoms. The number of carbonyl (C=O) groups excluding carboxylic acids is 1. The fourth-order valence-electron chi connectivity index (χ4n) is 3.82. The number of rotatable bonds is 6. The van der Waals surface area contributed by atoms with Crippen LogP contribution in [0.4, 0.5) is 11.5 Å². The van der Waals surface area contributed by atoms with Crippen molar-refractivity contribution in [3.8, 4) is 0 Å². The number of aliphatic imine (C=N–C) groups is 1. The Morgan fingerprint density at radius 3 is 2.65 bits per heavy atom. The molecule has 2 aromatic heterocycles. The van der Waals surface area contributed by atoms with Crippen molar-refractivity contribution >= 4 is 45.6 Å². The van der Waals surface area contributed by atoms with Crippen molar-refractivity contribution in [1.82, 2.24) is 15.3 Å². The highest BCUT2D eigenvalue weighted by molar-refractivity contribution is 6.46. The average molecular weight is 473 g/mol. The third kappa shape index (κ3) is 5.15. The van der Waals surface area contributed by atoms with E-state index in [1.54, 1.807) is 24.4 Å². The van der Waals surface area contributed by atoms with Gasteiger partial charge < -0.3 is 16.8 Å². The first-order valence-electron chi connectivity index (χ1n) is 10.8. The predicted molar refractivity (Wildman–Crippen MR) is 138 cm³/mol. The minimum Gasteiger partial charge on any atom is -0.398 e.